The highest BCUT2D eigenvalue weighted by molar-refractivity contribution is 6.05. The summed E-state index contributed by atoms with van der Waals surface area (Å²) in [6.45, 7) is 3.96. The number of anilines is 1. The lowest BCUT2D eigenvalue weighted by atomic mass is 10.0. The molecule has 0 fully saturated rings. The predicted octanol–water partition coefficient (Wildman–Crippen LogP) is 3.61. The van der Waals surface area contributed by atoms with E-state index in [0.29, 0.717) is 22.8 Å². The van der Waals surface area contributed by atoms with Crippen molar-refractivity contribution >= 4 is 11.7 Å². The molecule has 0 atom stereocenters. The van der Waals surface area contributed by atoms with E-state index in [2.05, 4.69) is 15.6 Å². The van der Waals surface area contributed by atoms with Gasteiger partial charge >= 0.3 is 0 Å². The third-order valence-corrected chi connectivity index (χ3v) is 3.72. The van der Waals surface area contributed by atoms with Crippen LogP contribution in [0.2, 0.25) is 0 Å². The second-order valence-electron chi connectivity index (χ2n) is 5.46. The minimum Gasteiger partial charge on any atom is -0.497 e. The zero-order valence-corrected chi connectivity index (χ0v) is 13.7. The molecule has 1 heterocycles. The molecule has 2 aromatic carbocycles. The van der Waals surface area contributed by atoms with Crippen LogP contribution in [-0.2, 0) is 0 Å². The molecule has 0 aliphatic rings. The Morgan fingerprint density at radius 2 is 1.83 bits per heavy atom. The van der Waals surface area contributed by atoms with Gasteiger partial charge in [-0.1, -0.05) is 17.7 Å². The lowest BCUT2D eigenvalue weighted by Gasteiger charge is -2.07. The van der Waals surface area contributed by atoms with E-state index in [-0.39, 0.29) is 5.91 Å². The number of aryl methyl sites for hydroxylation is 2. The van der Waals surface area contributed by atoms with E-state index in [1.54, 1.807) is 31.4 Å². The fourth-order valence-corrected chi connectivity index (χ4v) is 2.36. The number of carbonyl (C=O) groups excluding carboxylic acids is 1. The van der Waals surface area contributed by atoms with E-state index in [0.717, 1.165) is 16.7 Å². The number of nitrogens with one attached hydrogen (secondary N) is 1. The molecule has 0 saturated heterocycles. The van der Waals surface area contributed by atoms with Crippen molar-refractivity contribution in [2.45, 2.75) is 13.8 Å². The summed E-state index contributed by atoms with van der Waals surface area (Å²) in [5, 5.41) is 10.5. The number of carbonyl (C=O) groups is 1. The molecule has 0 aliphatic heterocycles. The monoisotopic (exact) mass is 323 g/mol. The first-order valence-electron chi connectivity index (χ1n) is 7.44. The Balaban J connectivity index is 1.87. The van der Waals surface area contributed by atoms with Gasteiger partial charge in [-0.05, 0) is 60.1 Å². The molecular weight excluding hydrogens is 306 g/mol. The van der Waals surface area contributed by atoms with Crippen molar-refractivity contribution < 1.29 is 14.2 Å². The first-order valence-corrected chi connectivity index (χ1v) is 7.44. The Bertz CT molecular complexity index is 869. The van der Waals surface area contributed by atoms with Crippen LogP contribution in [-0.4, -0.2) is 23.3 Å². The summed E-state index contributed by atoms with van der Waals surface area (Å²) < 4.78 is 9.92. The van der Waals surface area contributed by atoms with Crippen LogP contribution in [0.25, 0.3) is 11.3 Å². The zero-order valence-electron chi connectivity index (χ0n) is 13.7. The molecule has 0 saturated carbocycles. The van der Waals surface area contributed by atoms with Gasteiger partial charge in [0, 0.05) is 11.1 Å². The Labute approximate surface area is 139 Å². The molecule has 0 radical (unpaired) electrons. The molecule has 0 spiro atoms. The Hall–Kier alpha value is -3.15. The van der Waals surface area contributed by atoms with Gasteiger partial charge in [0.25, 0.3) is 5.91 Å². The SMILES string of the molecule is COc1ccc(C(=O)Nc2nonc2-c2cc(C)ccc2C)cc1. The van der Waals surface area contributed by atoms with Crippen LogP contribution in [0.15, 0.2) is 47.1 Å². The quantitative estimate of drug-likeness (QED) is 0.793. The number of ether oxygens (including phenoxy) is 1. The number of hydrogen-bond donors (Lipinski definition) is 1. The molecule has 0 aliphatic carbocycles. The fourth-order valence-electron chi connectivity index (χ4n) is 2.36. The molecule has 1 N–H and O–H groups in total. The maximum absolute atomic E-state index is 12.4. The van der Waals surface area contributed by atoms with Gasteiger partial charge < -0.3 is 10.1 Å². The molecule has 24 heavy (non-hydrogen) atoms. The van der Waals surface area contributed by atoms with E-state index >= 15 is 0 Å². The smallest absolute Gasteiger partial charge is 0.256 e. The third-order valence-electron chi connectivity index (χ3n) is 3.72. The summed E-state index contributed by atoms with van der Waals surface area (Å²) in [5.74, 6) is 0.690. The first kappa shape index (κ1) is 15.7. The van der Waals surface area contributed by atoms with Crippen molar-refractivity contribution in [3.8, 4) is 17.0 Å². The van der Waals surface area contributed by atoms with E-state index < -0.39 is 0 Å². The van der Waals surface area contributed by atoms with Gasteiger partial charge in [-0.15, -0.1) is 0 Å². The van der Waals surface area contributed by atoms with Crippen molar-refractivity contribution in [2.75, 3.05) is 12.4 Å². The summed E-state index contributed by atoms with van der Waals surface area (Å²) in [6, 6.07) is 12.8. The van der Waals surface area contributed by atoms with Crippen molar-refractivity contribution in [2.24, 2.45) is 0 Å². The van der Waals surface area contributed by atoms with Crippen molar-refractivity contribution in [1.29, 1.82) is 0 Å². The molecular formula is C18H17N3O3. The number of methoxy groups -OCH3 is 1. The van der Waals surface area contributed by atoms with Crippen molar-refractivity contribution in [3.05, 3.63) is 59.2 Å². The van der Waals surface area contributed by atoms with Gasteiger partial charge in [0.1, 0.15) is 5.75 Å². The van der Waals surface area contributed by atoms with Gasteiger partial charge in [0.15, 0.2) is 5.69 Å². The highest BCUT2D eigenvalue weighted by Crippen LogP contribution is 2.28. The van der Waals surface area contributed by atoms with Crippen LogP contribution in [0.3, 0.4) is 0 Å². The molecule has 3 rings (SSSR count). The number of aromatic nitrogens is 2. The lowest BCUT2D eigenvalue weighted by Crippen LogP contribution is -2.12. The fraction of sp³-hybridized carbons (Fsp3) is 0.167. The van der Waals surface area contributed by atoms with Gasteiger partial charge in [0.2, 0.25) is 5.82 Å². The minimum absolute atomic E-state index is 0.292. The van der Waals surface area contributed by atoms with Crippen LogP contribution >= 0.6 is 0 Å². The zero-order chi connectivity index (χ0) is 17.1. The van der Waals surface area contributed by atoms with E-state index in [4.69, 9.17) is 9.37 Å². The number of benzene rings is 2. The van der Waals surface area contributed by atoms with Crippen LogP contribution in [0.4, 0.5) is 5.82 Å². The summed E-state index contributed by atoms with van der Waals surface area (Å²) in [7, 11) is 1.58. The van der Waals surface area contributed by atoms with Gasteiger partial charge in [-0.25, -0.2) is 4.63 Å². The maximum Gasteiger partial charge on any atom is 0.256 e. The highest BCUT2D eigenvalue weighted by atomic mass is 16.6. The average molecular weight is 323 g/mol. The van der Waals surface area contributed by atoms with E-state index in [1.807, 2.05) is 32.0 Å². The van der Waals surface area contributed by atoms with Crippen molar-refractivity contribution in [3.63, 3.8) is 0 Å². The molecule has 1 aromatic heterocycles. The normalized spacial score (nSPS) is 10.5. The standard InChI is InChI=1S/C18H17N3O3/c1-11-4-5-12(2)15(10-11)16-17(21-24-20-16)19-18(22)13-6-8-14(23-3)9-7-13/h4-10H,1-3H3,(H,19,21,22). The van der Waals surface area contributed by atoms with Crippen LogP contribution in [0.1, 0.15) is 21.5 Å². The molecule has 0 unspecified atom stereocenters. The summed E-state index contributed by atoms with van der Waals surface area (Å²) in [5.41, 5.74) is 3.99. The molecule has 3 aromatic rings. The number of amides is 1. The first-order chi connectivity index (χ1) is 11.6. The Kier molecular flexibility index (Phi) is 4.29. The number of rotatable bonds is 4. The molecule has 6 nitrogen and oxygen atoms in total. The number of hydrogen-bond acceptors (Lipinski definition) is 5. The summed E-state index contributed by atoms with van der Waals surface area (Å²) in [4.78, 5) is 12.4. The van der Waals surface area contributed by atoms with Crippen LogP contribution in [0.5, 0.6) is 5.75 Å². The predicted molar refractivity (Wildman–Crippen MR) is 90.2 cm³/mol. The summed E-state index contributed by atoms with van der Waals surface area (Å²) >= 11 is 0. The molecule has 122 valence electrons. The second kappa shape index (κ2) is 6.54. The highest BCUT2D eigenvalue weighted by Gasteiger charge is 2.17. The van der Waals surface area contributed by atoms with Gasteiger partial charge in [-0.2, -0.15) is 0 Å². The van der Waals surface area contributed by atoms with Crippen LogP contribution < -0.4 is 10.1 Å². The molecule has 0 bridgehead atoms. The topological polar surface area (TPSA) is 77.2 Å². The molecule has 1 amide bonds. The number of nitrogens with zero attached hydrogens (tertiary/aromatic N) is 2. The van der Waals surface area contributed by atoms with E-state index in [9.17, 15) is 4.79 Å². The Morgan fingerprint density at radius 1 is 1.08 bits per heavy atom. The third kappa shape index (κ3) is 3.12. The van der Waals surface area contributed by atoms with Crippen molar-refractivity contribution in [1.82, 2.24) is 10.3 Å². The maximum atomic E-state index is 12.4. The lowest BCUT2D eigenvalue weighted by molar-refractivity contribution is 0.102. The van der Waals surface area contributed by atoms with Gasteiger partial charge in [-0.3, -0.25) is 4.79 Å². The second-order valence-corrected chi connectivity index (χ2v) is 5.46. The van der Waals surface area contributed by atoms with Crippen LogP contribution in [0, 0.1) is 13.8 Å². The van der Waals surface area contributed by atoms with E-state index in [1.165, 1.54) is 0 Å². The molecule has 6 heteroatoms. The summed E-state index contributed by atoms with van der Waals surface area (Å²) in [6.07, 6.45) is 0. The van der Waals surface area contributed by atoms with Gasteiger partial charge in [0.05, 0.1) is 7.11 Å². The average Bonchev–Trinajstić information content (AvgIpc) is 3.05. The Morgan fingerprint density at radius 3 is 2.54 bits per heavy atom. The minimum atomic E-state index is -0.292. The largest absolute Gasteiger partial charge is 0.497 e.